The molecule has 1 fully saturated rings. The minimum Gasteiger partial charge on any atom is -0.477 e. The summed E-state index contributed by atoms with van der Waals surface area (Å²) in [6.07, 6.45) is 5.65. The van der Waals surface area contributed by atoms with E-state index in [1.54, 1.807) is 6.20 Å². The van der Waals surface area contributed by atoms with Crippen LogP contribution in [0.15, 0.2) is 12.4 Å². The highest BCUT2D eigenvalue weighted by molar-refractivity contribution is 9.09. The van der Waals surface area contributed by atoms with E-state index < -0.39 is 0 Å². The fourth-order valence-corrected chi connectivity index (χ4v) is 2.61. The molecule has 1 saturated heterocycles. The van der Waals surface area contributed by atoms with Crippen molar-refractivity contribution in [1.82, 2.24) is 9.97 Å². The van der Waals surface area contributed by atoms with Gasteiger partial charge < -0.3 is 9.64 Å². The molecule has 100 valence electrons. The first kappa shape index (κ1) is 13.6. The van der Waals surface area contributed by atoms with E-state index in [0.717, 1.165) is 25.3 Å². The number of piperidine rings is 1. The van der Waals surface area contributed by atoms with Crippen LogP contribution in [-0.2, 0) is 0 Å². The van der Waals surface area contributed by atoms with Crippen molar-refractivity contribution < 1.29 is 4.74 Å². The van der Waals surface area contributed by atoms with Crippen LogP contribution in [0, 0.1) is 5.92 Å². The van der Waals surface area contributed by atoms with Gasteiger partial charge >= 0.3 is 0 Å². The van der Waals surface area contributed by atoms with Crippen molar-refractivity contribution in [3.8, 4) is 5.88 Å². The first-order chi connectivity index (χ1) is 8.70. The minimum absolute atomic E-state index is 0.522. The standard InChI is InChI=1S/C13H20BrN3O/c1-3-6-18-13-8-15-7-12(16-13)17-5-4-10(2)11(14)9-17/h7-8,10-11H,3-6,9H2,1-2H3. The maximum atomic E-state index is 5.52. The summed E-state index contributed by atoms with van der Waals surface area (Å²) in [4.78, 5) is 11.5. The van der Waals surface area contributed by atoms with E-state index in [0.29, 0.717) is 23.2 Å². The van der Waals surface area contributed by atoms with E-state index in [2.05, 4.69) is 44.6 Å². The Morgan fingerprint density at radius 3 is 3.06 bits per heavy atom. The highest BCUT2D eigenvalue weighted by Crippen LogP contribution is 2.26. The predicted molar refractivity (Wildman–Crippen MR) is 76.5 cm³/mol. The molecule has 2 atom stereocenters. The van der Waals surface area contributed by atoms with Gasteiger partial charge in [0.15, 0.2) is 5.82 Å². The maximum absolute atomic E-state index is 5.52. The number of ether oxygens (including phenoxy) is 1. The minimum atomic E-state index is 0.522. The van der Waals surface area contributed by atoms with Gasteiger partial charge in [-0.15, -0.1) is 0 Å². The van der Waals surface area contributed by atoms with Gasteiger partial charge in [0.1, 0.15) is 0 Å². The second-order valence-corrected chi connectivity index (χ2v) is 5.97. The van der Waals surface area contributed by atoms with Crippen molar-refractivity contribution >= 4 is 21.7 Å². The third-order valence-electron chi connectivity index (χ3n) is 3.24. The number of aromatic nitrogens is 2. The van der Waals surface area contributed by atoms with Crippen LogP contribution in [0.3, 0.4) is 0 Å². The fourth-order valence-electron chi connectivity index (χ4n) is 2.00. The van der Waals surface area contributed by atoms with Crippen molar-refractivity contribution in [2.24, 2.45) is 5.92 Å². The number of hydrogen-bond acceptors (Lipinski definition) is 4. The summed E-state index contributed by atoms with van der Waals surface area (Å²) >= 11 is 3.73. The lowest BCUT2D eigenvalue weighted by atomic mass is 9.99. The molecule has 1 aliphatic rings. The number of nitrogens with zero attached hydrogens (tertiary/aromatic N) is 3. The molecular weight excluding hydrogens is 294 g/mol. The smallest absolute Gasteiger partial charge is 0.234 e. The Morgan fingerprint density at radius 2 is 2.33 bits per heavy atom. The number of anilines is 1. The van der Waals surface area contributed by atoms with Crippen molar-refractivity contribution in [2.75, 3.05) is 24.6 Å². The average molecular weight is 314 g/mol. The first-order valence-corrected chi connectivity index (χ1v) is 7.46. The zero-order valence-electron chi connectivity index (χ0n) is 11.0. The zero-order chi connectivity index (χ0) is 13.0. The Kier molecular flexibility index (Phi) is 4.80. The Morgan fingerprint density at radius 1 is 1.50 bits per heavy atom. The Balaban J connectivity index is 2.04. The molecular formula is C13H20BrN3O. The Labute approximate surface area is 117 Å². The van der Waals surface area contributed by atoms with Gasteiger partial charge in [-0.1, -0.05) is 29.8 Å². The molecule has 2 heterocycles. The Bertz CT molecular complexity index is 388. The highest BCUT2D eigenvalue weighted by Gasteiger charge is 2.25. The van der Waals surface area contributed by atoms with E-state index in [-0.39, 0.29) is 0 Å². The van der Waals surface area contributed by atoms with Crippen LogP contribution in [0.4, 0.5) is 5.82 Å². The number of hydrogen-bond donors (Lipinski definition) is 0. The molecule has 0 N–H and O–H groups in total. The molecule has 2 rings (SSSR count). The van der Waals surface area contributed by atoms with Gasteiger partial charge in [0.25, 0.3) is 0 Å². The molecule has 2 unspecified atom stereocenters. The van der Waals surface area contributed by atoms with E-state index in [4.69, 9.17) is 4.74 Å². The lowest BCUT2D eigenvalue weighted by Crippen LogP contribution is -2.40. The van der Waals surface area contributed by atoms with E-state index in [1.165, 1.54) is 6.42 Å². The lowest BCUT2D eigenvalue weighted by Gasteiger charge is -2.34. The summed E-state index contributed by atoms with van der Waals surface area (Å²) in [6.45, 7) is 7.07. The van der Waals surface area contributed by atoms with Gasteiger partial charge in [-0.3, -0.25) is 4.98 Å². The van der Waals surface area contributed by atoms with Crippen molar-refractivity contribution in [3.63, 3.8) is 0 Å². The summed E-state index contributed by atoms with van der Waals surface area (Å²) < 4.78 is 5.52. The van der Waals surface area contributed by atoms with E-state index in [9.17, 15) is 0 Å². The third-order valence-corrected chi connectivity index (χ3v) is 4.44. The summed E-state index contributed by atoms with van der Waals surface area (Å²) in [6, 6.07) is 0. The van der Waals surface area contributed by atoms with E-state index >= 15 is 0 Å². The van der Waals surface area contributed by atoms with Crippen molar-refractivity contribution in [1.29, 1.82) is 0 Å². The summed E-state index contributed by atoms with van der Waals surface area (Å²) in [5.41, 5.74) is 0. The van der Waals surface area contributed by atoms with Gasteiger partial charge in [-0.25, -0.2) is 0 Å². The number of alkyl halides is 1. The molecule has 0 aliphatic carbocycles. The molecule has 0 aromatic carbocycles. The van der Waals surface area contributed by atoms with E-state index in [1.807, 2.05) is 6.20 Å². The van der Waals surface area contributed by atoms with Crippen LogP contribution >= 0.6 is 15.9 Å². The van der Waals surface area contributed by atoms with Crippen LogP contribution in [-0.4, -0.2) is 34.5 Å². The second kappa shape index (κ2) is 6.36. The van der Waals surface area contributed by atoms with Crippen molar-refractivity contribution in [2.45, 2.75) is 31.5 Å². The third kappa shape index (κ3) is 3.34. The molecule has 1 aromatic heterocycles. The van der Waals surface area contributed by atoms with Gasteiger partial charge in [0.05, 0.1) is 19.0 Å². The monoisotopic (exact) mass is 313 g/mol. The van der Waals surface area contributed by atoms with Crippen LogP contribution in [0.1, 0.15) is 26.7 Å². The molecule has 18 heavy (non-hydrogen) atoms. The zero-order valence-corrected chi connectivity index (χ0v) is 12.6. The number of halogens is 1. The molecule has 4 nitrogen and oxygen atoms in total. The fraction of sp³-hybridized carbons (Fsp3) is 0.692. The summed E-state index contributed by atoms with van der Waals surface area (Å²) in [5, 5.41) is 0. The van der Waals surface area contributed by atoms with Gasteiger partial charge in [0.2, 0.25) is 5.88 Å². The SMILES string of the molecule is CCCOc1cncc(N2CCC(C)C(Br)C2)n1. The lowest BCUT2D eigenvalue weighted by molar-refractivity contribution is 0.303. The molecule has 5 heteroatoms. The second-order valence-electron chi connectivity index (χ2n) is 4.79. The summed E-state index contributed by atoms with van der Waals surface area (Å²) in [7, 11) is 0. The molecule has 0 bridgehead atoms. The molecule has 0 radical (unpaired) electrons. The van der Waals surface area contributed by atoms with Crippen LogP contribution in [0.5, 0.6) is 5.88 Å². The van der Waals surface area contributed by atoms with Gasteiger partial charge in [0, 0.05) is 17.9 Å². The van der Waals surface area contributed by atoms with Gasteiger partial charge in [-0.2, -0.15) is 4.98 Å². The van der Waals surface area contributed by atoms with Crippen molar-refractivity contribution in [3.05, 3.63) is 12.4 Å². The first-order valence-electron chi connectivity index (χ1n) is 6.54. The molecule has 1 aromatic rings. The van der Waals surface area contributed by atoms with Crippen LogP contribution in [0.25, 0.3) is 0 Å². The Hall–Kier alpha value is -0.840. The summed E-state index contributed by atoms with van der Waals surface area (Å²) in [5.74, 6) is 2.26. The predicted octanol–water partition coefficient (Wildman–Crippen LogP) is 2.88. The number of rotatable bonds is 4. The quantitative estimate of drug-likeness (QED) is 0.801. The maximum Gasteiger partial charge on any atom is 0.234 e. The van der Waals surface area contributed by atoms with Crippen LogP contribution in [0.2, 0.25) is 0 Å². The average Bonchev–Trinajstić information content (AvgIpc) is 2.40. The topological polar surface area (TPSA) is 38.2 Å². The van der Waals surface area contributed by atoms with Crippen LogP contribution < -0.4 is 9.64 Å². The largest absolute Gasteiger partial charge is 0.477 e. The molecule has 1 aliphatic heterocycles. The molecule has 0 amide bonds. The highest BCUT2D eigenvalue weighted by atomic mass is 79.9. The molecule has 0 saturated carbocycles. The van der Waals surface area contributed by atoms with Gasteiger partial charge in [-0.05, 0) is 18.8 Å². The molecule has 0 spiro atoms. The normalized spacial score (nSPS) is 24.1.